The Morgan fingerprint density at radius 3 is 2.55 bits per heavy atom. The first-order chi connectivity index (χ1) is 9.32. The first kappa shape index (κ1) is 15.8. The average Bonchev–Trinajstić information content (AvgIpc) is 2.34. The molecule has 0 aliphatic heterocycles. The summed E-state index contributed by atoms with van der Waals surface area (Å²) >= 11 is 0.715. The molecule has 1 aromatic rings. The van der Waals surface area contributed by atoms with Gasteiger partial charge in [-0.15, -0.1) is 11.8 Å². The number of carbonyl (C=O) groups is 2. The van der Waals surface area contributed by atoms with Crippen molar-refractivity contribution in [2.75, 3.05) is 16.8 Å². The minimum absolute atomic E-state index is 0.360. The summed E-state index contributed by atoms with van der Waals surface area (Å²) < 4.78 is 26.4. The van der Waals surface area contributed by atoms with Crippen LogP contribution in [0.3, 0.4) is 0 Å². The van der Waals surface area contributed by atoms with E-state index in [0.29, 0.717) is 17.8 Å². The Morgan fingerprint density at radius 1 is 1.35 bits per heavy atom. The highest BCUT2D eigenvalue weighted by Gasteiger charge is 2.23. The maximum absolute atomic E-state index is 13.4. The van der Waals surface area contributed by atoms with Crippen LogP contribution in [0, 0.1) is 21.7 Å². The minimum atomic E-state index is -1.55. The lowest BCUT2D eigenvalue weighted by Gasteiger charge is -2.07. The van der Waals surface area contributed by atoms with Crippen LogP contribution >= 0.6 is 11.8 Å². The summed E-state index contributed by atoms with van der Waals surface area (Å²) in [5, 5.41) is 20.9. The van der Waals surface area contributed by atoms with Crippen molar-refractivity contribution in [3.63, 3.8) is 0 Å². The van der Waals surface area contributed by atoms with E-state index in [4.69, 9.17) is 5.11 Å². The molecule has 2 N–H and O–H groups in total. The molecule has 0 atom stereocenters. The van der Waals surface area contributed by atoms with Crippen LogP contribution in [0.4, 0.5) is 20.2 Å². The zero-order chi connectivity index (χ0) is 15.3. The van der Waals surface area contributed by atoms with E-state index in [9.17, 15) is 28.5 Å². The predicted molar refractivity (Wildman–Crippen MR) is 66.6 cm³/mol. The van der Waals surface area contributed by atoms with Gasteiger partial charge in [-0.1, -0.05) is 0 Å². The molecule has 0 saturated carbocycles. The molecule has 108 valence electrons. The quantitative estimate of drug-likeness (QED) is 0.610. The van der Waals surface area contributed by atoms with E-state index in [0.717, 1.165) is 6.07 Å². The number of carboxylic acids is 1. The predicted octanol–water partition coefficient (Wildman–Crippen LogP) is 1.63. The van der Waals surface area contributed by atoms with Gasteiger partial charge in [-0.3, -0.25) is 19.7 Å². The molecular formula is C10H8F2N2O5S. The van der Waals surface area contributed by atoms with Crippen molar-refractivity contribution >= 4 is 35.0 Å². The zero-order valence-electron chi connectivity index (χ0n) is 9.76. The zero-order valence-corrected chi connectivity index (χ0v) is 10.6. The van der Waals surface area contributed by atoms with Gasteiger partial charge in [0.25, 0.3) is 5.69 Å². The highest BCUT2D eigenvalue weighted by molar-refractivity contribution is 8.00. The number of hydrogen-bond acceptors (Lipinski definition) is 5. The second kappa shape index (κ2) is 6.80. The third kappa shape index (κ3) is 4.16. The number of hydrogen-bond donors (Lipinski definition) is 2. The monoisotopic (exact) mass is 306 g/mol. The van der Waals surface area contributed by atoms with Crippen LogP contribution in [0.25, 0.3) is 0 Å². The van der Waals surface area contributed by atoms with Gasteiger partial charge in [0.05, 0.1) is 16.4 Å². The molecule has 0 fully saturated rings. The van der Waals surface area contributed by atoms with Gasteiger partial charge in [0.15, 0.2) is 17.3 Å². The molecule has 7 nitrogen and oxygen atoms in total. The lowest BCUT2D eigenvalue weighted by Crippen LogP contribution is -2.17. The fraction of sp³-hybridized carbons (Fsp3) is 0.200. The first-order valence-electron chi connectivity index (χ1n) is 5.04. The van der Waals surface area contributed by atoms with Crippen LogP contribution in [0.15, 0.2) is 12.1 Å². The molecule has 20 heavy (non-hydrogen) atoms. The van der Waals surface area contributed by atoms with Crippen LogP contribution in [0.1, 0.15) is 0 Å². The molecule has 1 amide bonds. The molecule has 0 bridgehead atoms. The van der Waals surface area contributed by atoms with Crippen LogP contribution in [-0.2, 0) is 9.59 Å². The highest BCUT2D eigenvalue weighted by Crippen LogP contribution is 2.29. The fourth-order valence-electron chi connectivity index (χ4n) is 1.22. The Bertz CT molecular complexity index is 567. The Kier molecular flexibility index (Phi) is 5.38. The number of benzene rings is 1. The summed E-state index contributed by atoms with van der Waals surface area (Å²) in [5.41, 5.74) is -1.67. The summed E-state index contributed by atoms with van der Waals surface area (Å²) in [4.78, 5) is 31.3. The maximum Gasteiger partial charge on any atom is 0.313 e. The molecule has 0 saturated heterocycles. The van der Waals surface area contributed by atoms with Gasteiger partial charge in [-0.25, -0.2) is 8.78 Å². The van der Waals surface area contributed by atoms with Gasteiger partial charge in [-0.2, -0.15) is 0 Å². The number of anilines is 1. The van der Waals surface area contributed by atoms with Gasteiger partial charge < -0.3 is 10.4 Å². The number of nitrogens with zero attached hydrogens (tertiary/aromatic N) is 1. The molecule has 0 unspecified atom stereocenters. The second-order valence-corrected chi connectivity index (χ2v) is 4.43. The van der Waals surface area contributed by atoms with E-state index in [-0.39, 0.29) is 11.5 Å². The van der Waals surface area contributed by atoms with Crippen molar-refractivity contribution in [3.8, 4) is 0 Å². The molecule has 0 aromatic heterocycles. The Hall–Kier alpha value is -2.23. The van der Waals surface area contributed by atoms with Gasteiger partial charge in [0, 0.05) is 6.07 Å². The van der Waals surface area contributed by atoms with Crippen molar-refractivity contribution < 1.29 is 28.4 Å². The van der Waals surface area contributed by atoms with Gasteiger partial charge in [0.1, 0.15) is 0 Å². The number of thioether (sulfide) groups is 1. The van der Waals surface area contributed by atoms with E-state index in [2.05, 4.69) is 0 Å². The molecule has 0 heterocycles. The highest BCUT2D eigenvalue weighted by atomic mass is 32.2. The van der Waals surface area contributed by atoms with Crippen molar-refractivity contribution in [2.45, 2.75) is 0 Å². The smallest absolute Gasteiger partial charge is 0.313 e. The standard InChI is InChI=1S/C10H8F2N2O5S/c11-5-1-2-6(14(18)19)10(9(5)12)13-7(15)3-20-4-8(16)17/h1-2H,3-4H2,(H,13,15)(H,16,17). The fourth-order valence-corrected chi connectivity index (χ4v) is 1.75. The van der Waals surface area contributed by atoms with Crippen LogP contribution in [-0.4, -0.2) is 33.4 Å². The number of carboxylic acid groups (broad SMARTS) is 1. The van der Waals surface area contributed by atoms with Crippen LogP contribution < -0.4 is 5.32 Å². The van der Waals surface area contributed by atoms with Crippen LogP contribution in [0.5, 0.6) is 0 Å². The summed E-state index contributed by atoms with van der Waals surface area (Å²) in [5.74, 6) is -5.63. The summed E-state index contributed by atoms with van der Waals surface area (Å²) in [6.45, 7) is 0. The summed E-state index contributed by atoms with van der Waals surface area (Å²) in [6, 6.07) is 1.29. The number of rotatable bonds is 6. The Morgan fingerprint density at radius 2 is 2.00 bits per heavy atom. The number of aliphatic carboxylic acids is 1. The summed E-state index contributed by atoms with van der Waals surface area (Å²) in [6.07, 6.45) is 0. The van der Waals surface area contributed by atoms with Gasteiger partial charge in [-0.05, 0) is 6.07 Å². The van der Waals surface area contributed by atoms with Crippen molar-refractivity contribution in [2.24, 2.45) is 0 Å². The maximum atomic E-state index is 13.4. The molecular weight excluding hydrogens is 298 g/mol. The number of nitrogens with one attached hydrogen (secondary N) is 1. The first-order valence-corrected chi connectivity index (χ1v) is 6.20. The number of amides is 1. The number of carbonyl (C=O) groups excluding carboxylic acids is 1. The molecule has 0 spiro atoms. The normalized spacial score (nSPS) is 10.1. The molecule has 1 rings (SSSR count). The lowest BCUT2D eigenvalue weighted by atomic mass is 10.2. The molecule has 1 aromatic carbocycles. The number of halogens is 2. The number of nitro benzene ring substituents is 1. The Labute approximate surface area is 115 Å². The van der Waals surface area contributed by atoms with E-state index >= 15 is 0 Å². The Balaban J connectivity index is 2.85. The topological polar surface area (TPSA) is 110 Å². The van der Waals surface area contributed by atoms with E-state index in [1.54, 1.807) is 0 Å². The average molecular weight is 306 g/mol. The van der Waals surface area contributed by atoms with Crippen molar-refractivity contribution in [3.05, 3.63) is 33.9 Å². The molecule has 0 aliphatic rings. The lowest BCUT2D eigenvalue weighted by molar-refractivity contribution is -0.384. The van der Waals surface area contributed by atoms with Gasteiger partial charge in [0.2, 0.25) is 5.91 Å². The SMILES string of the molecule is O=C(O)CSCC(=O)Nc1c([N+](=O)[O-])ccc(F)c1F. The van der Waals surface area contributed by atoms with Gasteiger partial charge >= 0.3 is 5.97 Å². The van der Waals surface area contributed by atoms with Crippen LogP contribution in [0.2, 0.25) is 0 Å². The molecule has 0 radical (unpaired) electrons. The van der Waals surface area contributed by atoms with Crippen molar-refractivity contribution in [1.82, 2.24) is 0 Å². The number of nitro groups is 1. The second-order valence-electron chi connectivity index (χ2n) is 3.45. The van der Waals surface area contributed by atoms with E-state index in [1.165, 1.54) is 0 Å². The van der Waals surface area contributed by atoms with E-state index < -0.39 is 39.8 Å². The third-order valence-corrected chi connectivity index (χ3v) is 2.91. The minimum Gasteiger partial charge on any atom is -0.481 e. The molecule has 0 aliphatic carbocycles. The van der Waals surface area contributed by atoms with Crippen molar-refractivity contribution in [1.29, 1.82) is 0 Å². The third-order valence-electron chi connectivity index (χ3n) is 1.99. The largest absolute Gasteiger partial charge is 0.481 e. The summed E-state index contributed by atoms with van der Waals surface area (Å²) in [7, 11) is 0. The van der Waals surface area contributed by atoms with E-state index in [1.807, 2.05) is 5.32 Å². The molecule has 10 heteroatoms.